The highest BCUT2D eigenvalue weighted by molar-refractivity contribution is 5.75. The van der Waals surface area contributed by atoms with Gasteiger partial charge in [0, 0.05) is 13.6 Å². The van der Waals surface area contributed by atoms with Crippen molar-refractivity contribution in [1.29, 1.82) is 0 Å². The Kier molecular flexibility index (Phi) is 5.37. The van der Waals surface area contributed by atoms with Gasteiger partial charge in [0.25, 0.3) is 0 Å². The van der Waals surface area contributed by atoms with Gasteiger partial charge in [-0.05, 0) is 25.0 Å². The Morgan fingerprint density at radius 1 is 1.19 bits per heavy atom. The Balaban J connectivity index is 1.99. The lowest BCUT2D eigenvalue weighted by Crippen LogP contribution is -2.40. The molecular formula is C17H27N3O. The molecule has 4 nitrogen and oxygen atoms in total. The molecule has 4 heteroatoms. The first-order valence-electron chi connectivity index (χ1n) is 7.93. The molecule has 0 saturated heterocycles. The summed E-state index contributed by atoms with van der Waals surface area (Å²) >= 11 is 0. The molecule has 0 bridgehead atoms. The topological polar surface area (TPSA) is 50.1 Å². The zero-order valence-corrected chi connectivity index (χ0v) is 13.4. The minimum atomic E-state index is -0.589. The van der Waals surface area contributed by atoms with E-state index in [1.165, 1.54) is 0 Å². The molecule has 1 heterocycles. The van der Waals surface area contributed by atoms with Gasteiger partial charge in [0.2, 0.25) is 0 Å². The van der Waals surface area contributed by atoms with Gasteiger partial charge >= 0.3 is 0 Å². The molecule has 0 unspecified atom stereocenters. The van der Waals surface area contributed by atoms with Crippen LogP contribution in [0.1, 0.15) is 45.4 Å². The highest BCUT2D eigenvalue weighted by Gasteiger charge is 2.24. The van der Waals surface area contributed by atoms with E-state index in [9.17, 15) is 5.11 Å². The minimum absolute atomic E-state index is 0.589. The van der Waals surface area contributed by atoms with Gasteiger partial charge in [0.1, 0.15) is 5.82 Å². The molecular weight excluding hydrogens is 262 g/mol. The van der Waals surface area contributed by atoms with E-state index in [4.69, 9.17) is 0 Å². The number of rotatable bonds is 8. The summed E-state index contributed by atoms with van der Waals surface area (Å²) < 4.78 is 2.11. The van der Waals surface area contributed by atoms with Gasteiger partial charge in [-0.2, -0.15) is 0 Å². The first-order valence-corrected chi connectivity index (χ1v) is 7.93. The zero-order valence-electron chi connectivity index (χ0n) is 13.4. The van der Waals surface area contributed by atoms with Crippen LogP contribution in [0.25, 0.3) is 11.0 Å². The summed E-state index contributed by atoms with van der Waals surface area (Å²) in [4.78, 5) is 4.64. The highest BCUT2D eigenvalue weighted by atomic mass is 16.3. The molecule has 0 aliphatic rings. The van der Waals surface area contributed by atoms with Crippen LogP contribution in [-0.4, -0.2) is 26.8 Å². The van der Waals surface area contributed by atoms with Crippen LogP contribution in [0.15, 0.2) is 24.3 Å². The van der Waals surface area contributed by atoms with E-state index < -0.39 is 5.60 Å². The van der Waals surface area contributed by atoms with Crippen molar-refractivity contribution < 1.29 is 5.11 Å². The van der Waals surface area contributed by atoms with Crippen molar-refractivity contribution in [2.45, 2.75) is 51.7 Å². The number of fused-ring (bicyclic) bond motifs is 1. The molecule has 0 atom stereocenters. The van der Waals surface area contributed by atoms with Crippen molar-refractivity contribution >= 4 is 11.0 Å². The van der Waals surface area contributed by atoms with E-state index in [0.29, 0.717) is 13.1 Å². The maximum absolute atomic E-state index is 10.6. The van der Waals surface area contributed by atoms with Crippen molar-refractivity contribution in [3.8, 4) is 0 Å². The van der Waals surface area contributed by atoms with Crippen molar-refractivity contribution in [2.24, 2.45) is 7.05 Å². The number of aryl methyl sites for hydroxylation is 1. The Bertz CT molecular complexity index is 570. The Morgan fingerprint density at radius 3 is 2.48 bits per heavy atom. The fraction of sp³-hybridized carbons (Fsp3) is 0.588. The minimum Gasteiger partial charge on any atom is -0.389 e. The molecule has 0 fully saturated rings. The molecule has 0 saturated carbocycles. The molecule has 0 aliphatic heterocycles. The molecule has 2 aromatic rings. The summed E-state index contributed by atoms with van der Waals surface area (Å²) in [5, 5.41) is 14.0. The number of nitrogens with one attached hydrogen (secondary N) is 1. The molecule has 116 valence electrons. The predicted octanol–water partition coefficient (Wildman–Crippen LogP) is 2.99. The number of imidazole rings is 1. The summed E-state index contributed by atoms with van der Waals surface area (Å²) in [5.74, 6) is 1.01. The molecule has 0 spiro atoms. The van der Waals surface area contributed by atoms with Crippen LogP contribution < -0.4 is 5.32 Å². The first-order chi connectivity index (χ1) is 10.1. The number of para-hydroxylation sites is 2. The molecule has 2 rings (SSSR count). The van der Waals surface area contributed by atoms with Crippen LogP contribution in [0.3, 0.4) is 0 Å². The lowest BCUT2D eigenvalue weighted by Gasteiger charge is -2.27. The molecule has 1 aromatic heterocycles. The second-order valence-corrected chi connectivity index (χ2v) is 5.90. The van der Waals surface area contributed by atoms with E-state index in [1.807, 2.05) is 25.2 Å². The van der Waals surface area contributed by atoms with Crippen LogP contribution in [0.4, 0.5) is 0 Å². The Hall–Kier alpha value is -1.39. The van der Waals surface area contributed by atoms with E-state index in [1.54, 1.807) is 0 Å². The molecule has 1 aromatic carbocycles. The van der Waals surface area contributed by atoms with Crippen molar-refractivity contribution in [2.75, 3.05) is 6.54 Å². The van der Waals surface area contributed by atoms with Crippen molar-refractivity contribution in [3.05, 3.63) is 30.1 Å². The first kappa shape index (κ1) is 16.0. The standard InChI is InChI=1S/C17H27N3O/c1-4-10-17(21,11-5-2)13-18-12-16-19-14-8-6-7-9-15(14)20(16)3/h6-9,18,21H,4-5,10-13H2,1-3H3. The largest absolute Gasteiger partial charge is 0.389 e. The maximum atomic E-state index is 10.6. The third-order valence-corrected chi connectivity index (χ3v) is 4.05. The SMILES string of the molecule is CCCC(O)(CCC)CNCc1nc2ccccc2n1C. The number of hydrogen-bond donors (Lipinski definition) is 2. The monoisotopic (exact) mass is 289 g/mol. The molecule has 21 heavy (non-hydrogen) atoms. The zero-order chi connectivity index (χ0) is 15.3. The smallest absolute Gasteiger partial charge is 0.123 e. The van der Waals surface area contributed by atoms with Gasteiger partial charge in [-0.15, -0.1) is 0 Å². The van der Waals surface area contributed by atoms with Crippen LogP contribution >= 0.6 is 0 Å². The molecule has 0 radical (unpaired) electrons. The summed E-state index contributed by atoms with van der Waals surface area (Å²) in [6.45, 7) is 5.54. The van der Waals surface area contributed by atoms with Gasteiger partial charge in [0.05, 0.1) is 23.2 Å². The predicted molar refractivity (Wildman–Crippen MR) is 87.2 cm³/mol. The average molecular weight is 289 g/mol. The van der Waals surface area contributed by atoms with Crippen LogP contribution in [0.2, 0.25) is 0 Å². The normalized spacial score (nSPS) is 12.2. The fourth-order valence-corrected chi connectivity index (χ4v) is 2.99. The number of nitrogens with zero attached hydrogens (tertiary/aromatic N) is 2. The second kappa shape index (κ2) is 7.05. The summed E-state index contributed by atoms with van der Waals surface area (Å²) in [6, 6.07) is 8.15. The van der Waals surface area contributed by atoms with Gasteiger partial charge in [-0.1, -0.05) is 38.8 Å². The summed E-state index contributed by atoms with van der Waals surface area (Å²) in [7, 11) is 2.04. The lowest BCUT2D eigenvalue weighted by molar-refractivity contribution is 0.0213. The molecule has 0 amide bonds. The second-order valence-electron chi connectivity index (χ2n) is 5.90. The van der Waals surface area contributed by atoms with E-state index in [2.05, 4.69) is 34.8 Å². The fourth-order valence-electron chi connectivity index (χ4n) is 2.99. The third kappa shape index (κ3) is 3.83. The van der Waals surface area contributed by atoms with Gasteiger partial charge in [-0.3, -0.25) is 0 Å². The quantitative estimate of drug-likeness (QED) is 0.785. The summed E-state index contributed by atoms with van der Waals surface area (Å²) in [5.41, 5.74) is 1.58. The number of aliphatic hydroxyl groups is 1. The lowest BCUT2D eigenvalue weighted by atomic mass is 9.93. The number of aromatic nitrogens is 2. The van der Waals surface area contributed by atoms with Crippen molar-refractivity contribution in [3.63, 3.8) is 0 Å². The van der Waals surface area contributed by atoms with E-state index in [-0.39, 0.29) is 0 Å². The maximum Gasteiger partial charge on any atom is 0.123 e. The van der Waals surface area contributed by atoms with Crippen LogP contribution in [0.5, 0.6) is 0 Å². The molecule has 0 aliphatic carbocycles. The average Bonchev–Trinajstić information content (AvgIpc) is 2.77. The van der Waals surface area contributed by atoms with E-state index in [0.717, 1.165) is 42.5 Å². The third-order valence-electron chi connectivity index (χ3n) is 4.05. The Morgan fingerprint density at radius 2 is 1.86 bits per heavy atom. The highest BCUT2D eigenvalue weighted by Crippen LogP contribution is 2.19. The van der Waals surface area contributed by atoms with Gasteiger partial charge in [0.15, 0.2) is 0 Å². The Labute approximate surface area is 127 Å². The van der Waals surface area contributed by atoms with Gasteiger partial charge < -0.3 is 15.0 Å². The summed E-state index contributed by atoms with van der Waals surface area (Å²) in [6.07, 6.45) is 3.70. The van der Waals surface area contributed by atoms with E-state index >= 15 is 0 Å². The number of benzene rings is 1. The van der Waals surface area contributed by atoms with Crippen LogP contribution in [0, 0.1) is 0 Å². The van der Waals surface area contributed by atoms with Crippen molar-refractivity contribution in [1.82, 2.24) is 14.9 Å². The van der Waals surface area contributed by atoms with Gasteiger partial charge in [-0.25, -0.2) is 4.98 Å². The number of hydrogen-bond acceptors (Lipinski definition) is 3. The molecule has 2 N–H and O–H groups in total. The van der Waals surface area contributed by atoms with Crippen LogP contribution in [-0.2, 0) is 13.6 Å².